The molecule has 0 aromatic heterocycles. The third-order valence-electron chi connectivity index (χ3n) is 2.53. The highest BCUT2D eigenvalue weighted by Crippen LogP contribution is 2.37. The summed E-state index contributed by atoms with van der Waals surface area (Å²) in [7, 11) is 1.60. The molecule has 0 bridgehead atoms. The van der Waals surface area contributed by atoms with E-state index in [1.807, 2.05) is 18.2 Å². The minimum atomic E-state index is -0.560. The van der Waals surface area contributed by atoms with Crippen LogP contribution in [0.4, 0.5) is 0 Å². The van der Waals surface area contributed by atoms with E-state index in [-0.39, 0.29) is 6.61 Å². The summed E-state index contributed by atoms with van der Waals surface area (Å²) in [5.41, 5.74) is 0.824. The highest BCUT2D eigenvalue weighted by molar-refractivity contribution is 8.00. The maximum atomic E-state index is 9.82. The van der Waals surface area contributed by atoms with Crippen LogP contribution in [0.2, 0.25) is 0 Å². The first kappa shape index (κ1) is 14.4. The van der Waals surface area contributed by atoms with E-state index in [9.17, 15) is 5.11 Å². The Morgan fingerprint density at radius 1 is 1.35 bits per heavy atom. The van der Waals surface area contributed by atoms with Gasteiger partial charge in [-0.05, 0) is 25.5 Å². The summed E-state index contributed by atoms with van der Waals surface area (Å²) in [5, 5.41) is 19.0. The van der Waals surface area contributed by atoms with Gasteiger partial charge in [-0.3, -0.25) is 0 Å². The van der Waals surface area contributed by atoms with Gasteiger partial charge in [0.2, 0.25) is 0 Å². The molecule has 0 fully saturated rings. The van der Waals surface area contributed by atoms with E-state index < -0.39 is 6.10 Å². The number of ether oxygens (including phenoxy) is 1. The molecule has 1 aromatic rings. The van der Waals surface area contributed by atoms with Gasteiger partial charge in [0.05, 0.1) is 13.2 Å². The molecule has 17 heavy (non-hydrogen) atoms. The van der Waals surface area contributed by atoms with Crippen LogP contribution in [0.1, 0.15) is 31.9 Å². The van der Waals surface area contributed by atoms with Crippen LogP contribution in [0, 0.1) is 0 Å². The molecule has 1 aromatic carbocycles. The predicted octanol–water partition coefficient (Wildman–Crippen LogP) is 2.61. The minimum absolute atomic E-state index is 0.183. The van der Waals surface area contributed by atoms with Gasteiger partial charge < -0.3 is 14.9 Å². The zero-order valence-corrected chi connectivity index (χ0v) is 11.3. The SMILES string of the molecule is COc1cccc(SC(C)CCO)c1[C@@H](C)O. The fourth-order valence-electron chi connectivity index (χ4n) is 1.67. The van der Waals surface area contributed by atoms with Crippen molar-refractivity contribution in [2.75, 3.05) is 13.7 Å². The van der Waals surface area contributed by atoms with Crippen LogP contribution in [0.15, 0.2) is 23.1 Å². The standard InChI is InChI=1S/C13H20O3S/c1-9(7-8-14)17-12-6-4-5-11(16-3)13(12)10(2)15/h4-6,9-10,14-15H,7-8H2,1-3H3/t9?,10-/m1/s1. The molecule has 0 aliphatic rings. The maximum absolute atomic E-state index is 9.82. The molecule has 0 radical (unpaired) electrons. The molecular weight excluding hydrogens is 236 g/mol. The molecule has 1 rings (SSSR count). The van der Waals surface area contributed by atoms with E-state index in [0.717, 1.165) is 16.9 Å². The quantitative estimate of drug-likeness (QED) is 0.768. The van der Waals surface area contributed by atoms with Crippen LogP contribution in [-0.4, -0.2) is 29.2 Å². The molecule has 3 nitrogen and oxygen atoms in total. The van der Waals surface area contributed by atoms with Crippen molar-refractivity contribution in [1.82, 2.24) is 0 Å². The van der Waals surface area contributed by atoms with E-state index in [2.05, 4.69) is 6.92 Å². The van der Waals surface area contributed by atoms with Crippen molar-refractivity contribution in [3.63, 3.8) is 0 Å². The highest BCUT2D eigenvalue weighted by atomic mass is 32.2. The molecule has 0 aliphatic carbocycles. The normalized spacial score (nSPS) is 14.4. The monoisotopic (exact) mass is 256 g/mol. The molecular formula is C13H20O3S. The van der Waals surface area contributed by atoms with E-state index in [1.54, 1.807) is 25.8 Å². The minimum Gasteiger partial charge on any atom is -0.496 e. The summed E-state index contributed by atoms with van der Waals surface area (Å²) in [5.74, 6) is 0.709. The highest BCUT2D eigenvalue weighted by Gasteiger charge is 2.16. The van der Waals surface area contributed by atoms with Gasteiger partial charge in [-0.15, -0.1) is 11.8 Å². The fraction of sp³-hybridized carbons (Fsp3) is 0.538. The molecule has 2 N–H and O–H groups in total. The molecule has 0 saturated carbocycles. The number of hydrogen-bond donors (Lipinski definition) is 2. The Hall–Kier alpha value is -0.710. The van der Waals surface area contributed by atoms with Crippen molar-refractivity contribution in [3.8, 4) is 5.75 Å². The van der Waals surface area contributed by atoms with Gasteiger partial charge in [0.15, 0.2) is 0 Å². The molecule has 96 valence electrons. The van der Waals surface area contributed by atoms with Crippen molar-refractivity contribution in [1.29, 1.82) is 0 Å². The number of methoxy groups -OCH3 is 1. The molecule has 0 aliphatic heterocycles. The molecule has 4 heteroatoms. The third kappa shape index (κ3) is 3.91. The Bertz CT molecular complexity index is 353. The van der Waals surface area contributed by atoms with Crippen LogP contribution in [-0.2, 0) is 0 Å². The van der Waals surface area contributed by atoms with Crippen molar-refractivity contribution < 1.29 is 14.9 Å². The number of thioether (sulfide) groups is 1. The van der Waals surface area contributed by atoms with Crippen LogP contribution in [0.25, 0.3) is 0 Å². The van der Waals surface area contributed by atoms with Crippen LogP contribution in [0.3, 0.4) is 0 Å². The number of aliphatic hydroxyl groups is 2. The molecule has 1 unspecified atom stereocenters. The second-order valence-electron chi connectivity index (χ2n) is 3.99. The smallest absolute Gasteiger partial charge is 0.125 e. The predicted molar refractivity (Wildman–Crippen MR) is 70.6 cm³/mol. The fourth-order valence-corrected chi connectivity index (χ4v) is 2.89. The summed E-state index contributed by atoms with van der Waals surface area (Å²) in [6.45, 7) is 3.98. The van der Waals surface area contributed by atoms with E-state index in [0.29, 0.717) is 11.0 Å². The van der Waals surface area contributed by atoms with Crippen LogP contribution < -0.4 is 4.74 Å². The van der Waals surface area contributed by atoms with Crippen molar-refractivity contribution >= 4 is 11.8 Å². The first-order valence-electron chi connectivity index (χ1n) is 5.72. The topological polar surface area (TPSA) is 49.7 Å². The van der Waals surface area contributed by atoms with Crippen LogP contribution in [0.5, 0.6) is 5.75 Å². The summed E-state index contributed by atoms with van der Waals surface area (Å²) in [4.78, 5) is 1.01. The van der Waals surface area contributed by atoms with Crippen molar-refractivity contribution in [3.05, 3.63) is 23.8 Å². The number of rotatable bonds is 6. The van der Waals surface area contributed by atoms with Gasteiger partial charge >= 0.3 is 0 Å². The Morgan fingerprint density at radius 3 is 2.59 bits per heavy atom. The lowest BCUT2D eigenvalue weighted by Crippen LogP contribution is -2.03. The summed E-state index contributed by atoms with van der Waals surface area (Å²) in [6, 6.07) is 5.74. The van der Waals surface area contributed by atoms with Gasteiger partial charge in [-0.1, -0.05) is 13.0 Å². The number of benzene rings is 1. The van der Waals surface area contributed by atoms with E-state index in [4.69, 9.17) is 9.84 Å². The number of aliphatic hydroxyl groups excluding tert-OH is 2. The summed E-state index contributed by atoms with van der Waals surface area (Å²) < 4.78 is 5.27. The lowest BCUT2D eigenvalue weighted by molar-refractivity contribution is 0.191. The lowest BCUT2D eigenvalue weighted by atomic mass is 10.1. The summed E-state index contributed by atoms with van der Waals surface area (Å²) >= 11 is 1.65. The van der Waals surface area contributed by atoms with E-state index >= 15 is 0 Å². The average molecular weight is 256 g/mol. The van der Waals surface area contributed by atoms with Gasteiger partial charge in [0, 0.05) is 22.3 Å². The van der Waals surface area contributed by atoms with Crippen molar-refractivity contribution in [2.24, 2.45) is 0 Å². The first-order valence-corrected chi connectivity index (χ1v) is 6.60. The molecule has 0 spiro atoms. The second-order valence-corrected chi connectivity index (χ2v) is 5.47. The Morgan fingerprint density at radius 2 is 2.06 bits per heavy atom. The Balaban J connectivity index is 2.97. The van der Waals surface area contributed by atoms with Crippen molar-refractivity contribution in [2.45, 2.75) is 36.5 Å². The first-order chi connectivity index (χ1) is 8.10. The molecule has 2 atom stereocenters. The molecule has 0 saturated heterocycles. The largest absolute Gasteiger partial charge is 0.496 e. The second kappa shape index (κ2) is 6.89. The molecule has 0 amide bonds. The zero-order chi connectivity index (χ0) is 12.8. The zero-order valence-electron chi connectivity index (χ0n) is 10.5. The van der Waals surface area contributed by atoms with E-state index in [1.165, 1.54) is 0 Å². The lowest BCUT2D eigenvalue weighted by Gasteiger charge is -2.18. The average Bonchev–Trinajstić information content (AvgIpc) is 2.28. The Kier molecular flexibility index (Phi) is 5.82. The third-order valence-corrected chi connectivity index (χ3v) is 3.78. The Labute approximate surface area is 107 Å². The van der Waals surface area contributed by atoms with Gasteiger partial charge in [0.1, 0.15) is 5.75 Å². The van der Waals surface area contributed by atoms with Gasteiger partial charge in [-0.2, -0.15) is 0 Å². The maximum Gasteiger partial charge on any atom is 0.125 e. The van der Waals surface area contributed by atoms with Crippen LogP contribution >= 0.6 is 11.8 Å². The van der Waals surface area contributed by atoms with Gasteiger partial charge in [0.25, 0.3) is 0 Å². The summed E-state index contributed by atoms with van der Waals surface area (Å²) in [6.07, 6.45) is 0.177. The van der Waals surface area contributed by atoms with Gasteiger partial charge in [-0.25, -0.2) is 0 Å². The number of hydrogen-bond acceptors (Lipinski definition) is 4. The molecule has 0 heterocycles.